The van der Waals surface area contributed by atoms with Crippen molar-refractivity contribution in [2.24, 2.45) is 0 Å². The number of pyridine rings is 1. The van der Waals surface area contributed by atoms with Crippen molar-refractivity contribution in [3.05, 3.63) is 28.0 Å². The second-order valence-corrected chi connectivity index (χ2v) is 3.41. The van der Waals surface area contributed by atoms with Crippen molar-refractivity contribution in [3.63, 3.8) is 0 Å². The zero-order valence-corrected chi connectivity index (χ0v) is 9.10. The maximum absolute atomic E-state index is 10.9. The van der Waals surface area contributed by atoms with Crippen LogP contribution >= 0.6 is 23.2 Å². The van der Waals surface area contributed by atoms with Crippen molar-refractivity contribution in [1.82, 2.24) is 4.98 Å². The molecule has 0 radical (unpaired) electrons. The van der Waals surface area contributed by atoms with E-state index in [0.717, 1.165) is 5.56 Å². The number of rotatable bonds is 3. The molecule has 76 valence electrons. The van der Waals surface area contributed by atoms with E-state index in [9.17, 15) is 4.79 Å². The molecule has 5 heteroatoms. The van der Waals surface area contributed by atoms with Crippen LogP contribution in [0.1, 0.15) is 12.0 Å². The standard InChI is InChI=1S/C9H9Cl2NO2/c1-14-8(13)5-3-6-2-4-7(10)12-9(6)11/h2,4H,3,5H2,1H3. The van der Waals surface area contributed by atoms with Gasteiger partial charge in [0.1, 0.15) is 10.3 Å². The summed E-state index contributed by atoms with van der Waals surface area (Å²) in [6.07, 6.45) is 0.801. The topological polar surface area (TPSA) is 39.2 Å². The van der Waals surface area contributed by atoms with E-state index in [-0.39, 0.29) is 5.97 Å². The first-order chi connectivity index (χ1) is 6.63. The third kappa shape index (κ3) is 3.16. The molecule has 1 heterocycles. The van der Waals surface area contributed by atoms with Gasteiger partial charge in [-0.3, -0.25) is 4.79 Å². The first kappa shape index (κ1) is 11.3. The van der Waals surface area contributed by atoms with Crippen LogP contribution in [0.3, 0.4) is 0 Å². The fourth-order valence-electron chi connectivity index (χ4n) is 0.966. The summed E-state index contributed by atoms with van der Waals surface area (Å²) >= 11 is 11.4. The largest absolute Gasteiger partial charge is 0.469 e. The summed E-state index contributed by atoms with van der Waals surface area (Å²) in [5.74, 6) is -0.268. The monoisotopic (exact) mass is 233 g/mol. The van der Waals surface area contributed by atoms with E-state index < -0.39 is 0 Å². The highest BCUT2D eigenvalue weighted by molar-refractivity contribution is 6.32. The molecule has 3 nitrogen and oxygen atoms in total. The van der Waals surface area contributed by atoms with Crippen LogP contribution in [0.5, 0.6) is 0 Å². The summed E-state index contributed by atoms with van der Waals surface area (Å²) in [5.41, 5.74) is 0.793. The highest BCUT2D eigenvalue weighted by Gasteiger charge is 2.06. The maximum Gasteiger partial charge on any atom is 0.305 e. The van der Waals surface area contributed by atoms with Gasteiger partial charge in [-0.15, -0.1) is 0 Å². The Morgan fingerprint density at radius 1 is 1.50 bits per heavy atom. The normalized spacial score (nSPS) is 9.93. The average molecular weight is 234 g/mol. The molecule has 0 unspecified atom stereocenters. The van der Waals surface area contributed by atoms with E-state index in [1.807, 2.05) is 0 Å². The van der Waals surface area contributed by atoms with Crippen molar-refractivity contribution in [1.29, 1.82) is 0 Å². The van der Waals surface area contributed by atoms with E-state index in [1.54, 1.807) is 12.1 Å². The summed E-state index contributed by atoms with van der Waals surface area (Å²) in [6, 6.07) is 3.39. The molecular weight excluding hydrogens is 225 g/mol. The predicted octanol–water partition coefficient (Wildman–Crippen LogP) is 2.49. The van der Waals surface area contributed by atoms with Crippen molar-refractivity contribution in [2.45, 2.75) is 12.8 Å². The molecule has 0 saturated heterocycles. The van der Waals surface area contributed by atoms with Crippen molar-refractivity contribution in [3.8, 4) is 0 Å². The van der Waals surface area contributed by atoms with Crippen LogP contribution in [0, 0.1) is 0 Å². The molecule has 0 fully saturated rings. The van der Waals surface area contributed by atoms with Crippen LogP contribution in [0.15, 0.2) is 12.1 Å². The van der Waals surface area contributed by atoms with Crippen LogP contribution in [0.2, 0.25) is 10.3 Å². The molecule has 0 N–H and O–H groups in total. The zero-order valence-electron chi connectivity index (χ0n) is 7.59. The molecule has 0 aromatic carbocycles. The Morgan fingerprint density at radius 2 is 2.21 bits per heavy atom. The van der Waals surface area contributed by atoms with Crippen LogP contribution in [0.25, 0.3) is 0 Å². The number of nitrogens with zero attached hydrogens (tertiary/aromatic N) is 1. The molecule has 0 aliphatic heterocycles. The first-order valence-corrected chi connectivity index (χ1v) is 4.77. The lowest BCUT2D eigenvalue weighted by Gasteiger charge is -2.02. The number of hydrogen-bond donors (Lipinski definition) is 0. The zero-order chi connectivity index (χ0) is 10.6. The number of ether oxygens (including phenoxy) is 1. The number of esters is 1. The minimum Gasteiger partial charge on any atom is -0.469 e. The van der Waals surface area contributed by atoms with Crippen molar-refractivity contribution in [2.75, 3.05) is 7.11 Å². The van der Waals surface area contributed by atoms with Crippen molar-refractivity contribution < 1.29 is 9.53 Å². The van der Waals surface area contributed by atoms with Crippen LogP contribution in [-0.4, -0.2) is 18.1 Å². The molecule has 0 saturated carbocycles. The van der Waals surface area contributed by atoms with Crippen LogP contribution < -0.4 is 0 Å². The fourth-order valence-corrected chi connectivity index (χ4v) is 1.41. The number of methoxy groups -OCH3 is 1. The third-order valence-electron chi connectivity index (χ3n) is 1.72. The van der Waals surface area contributed by atoms with Crippen LogP contribution in [0.4, 0.5) is 0 Å². The van der Waals surface area contributed by atoms with Gasteiger partial charge in [-0.25, -0.2) is 4.98 Å². The van der Waals surface area contributed by atoms with E-state index in [2.05, 4.69) is 9.72 Å². The Hall–Kier alpha value is -0.800. The first-order valence-electron chi connectivity index (χ1n) is 4.01. The lowest BCUT2D eigenvalue weighted by atomic mass is 10.1. The van der Waals surface area contributed by atoms with Gasteiger partial charge in [-0.2, -0.15) is 0 Å². The van der Waals surface area contributed by atoms with E-state index in [1.165, 1.54) is 7.11 Å². The van der Waals surface area contributed by atoms with Gasteiger partial charge < -0.3 is 4.74 Å². The molecule has 0 aliphatic carbocycles. The highest BCUT2D eigenvalue weighted by atomic mass is 35.5. The Bertz CT molecular complexity index is 342. The third-order valence-corrected chi connectivity index (χ3v) is 2.26. The number of carbonyl (C=O) groups is 1. The van der Waals surface area contributed by atoms with Gasteiger partial charge in [0.2, 0.25) is 0 Å². The molecule has 0 spiro atoms. The highest BCUT2D eigenvalue weighted by Crippen LogP contribution is 2.17. The molecule has 1 aromatic heterocycles. The quantitative estimate of drug-likeness (QED) is 0.595. The lowest BCUT2D eigenvalue weighted by Crippen LogP contribution is -2.02. The Balaban J connectivity index is 2.63. The SMILES string of the molecule is COC(=O)CCc1ccc(Cl)nc1Cl. The minimum atomic E-state index is -0.268. The van der Waals surface area contributed by atoms with E-state index >= 15 is 0 Å². The molecule has 1 rings (SSSR count). The molecule has 14 heavy (non-hydrogen) atoms. The fraction of sp³-hybridized carbons (Fsp3) is 0.333. The smallest absolute Gasteiger partial charge is 0.305 e. The molecule has 0 bridgehead atoms. The number of aryl methyl sites for hydroxylation is 1. The van der Waals surface area contributed by atoms with Gasteiger partial charge in [-0.1, -0.05) is 29.3 Å². The van der Waals surface area contributed by atoms with Gasteiger partial charge in [0.25, 0.3) is 0 Å². The average Bonchev–Trinajstić information content (AvgIpc) is 2.16. The second-order valence-electron chi connectivity index (χ2n) is 2.66. The molecule has 1 aromatic rings. The molecule has 0 aliphatic rings. The number of aromatic nitrogens is 1. The van der Waals surface area contributed by atoms with Gasteiger partial charge in [0.15, 0.2) is 0 Å². The summed E-state index contributed by atoms with van der Waals surface area (Å²) in [4.78, 5) is 14.7. The summed E-state index contributed by atoms with van der Waals surface area (Å²) in [6.45, 7) is 0. The minimum absolute atomic E-state index is 0.268. The second kappa shape index (κ2) is 5.17. The predicted molar refractivity (Wildman–Crippen MR) is 54.6 cm³/mol. The maximum atomic E-state index is 10.9. The number of hydrogen-bond acceptors (Lipinski definition) is 3. The van der Waals surface area contributed by atoms with E-state index in [4.69, 9.17) is 23.2 Å². The number of halogens is 2. The van der Waals surface area contributed by atoms with Crippen LogP contribution in [-0.2, 0) is 16.0 Å². The Morgan fingerprint density at radius 3 is 2.79 bits per heavy atom. The Kier molecular flexibility index (Phi) is 4.17. The molecule has 0 atom stereocenters. The molecular formula is C9H9Cl2NO2. The van der Waals surface area contributed by atoms with Gasteiger partial charge in [-0.05, 0) is 18.1 Å². The summed E-state index contributed by atoms with van der Waals surface area (Å²) in [5, 5.41) is 0.679. The molecule has 0 amide bonds. The van der Waals surface area contributed by atoms with Gasteiger partial charge in [0.05, 0.1) is 7.11 Å². The summed E-state index contributed by atoms with van der Waals surface area (Å²) in [7, 11) is 1.35. The van der Waals surface area contributed by atoms with Gasteiger partial charge >= 0.3 is 5.97 Å². The van der Waals surface area contributed by atoms with Crippen molar-refractivity contribution >= 4 is 29.2 Å². The van der Waals surface area contributed by atoms with Gasteiger partial charge in [0, 0.05) is 6.42 Å². The Labute approximate surface area is 92.0 Å². The van der Waals surface area contributed by atoms with E-state index in [0.29, 0.717) is 23.1 Å². The number of carbonyl (C=O) groups excluding carboxylic acids is 1. The summed E-state index contributed by atoms with van der Waals surface area (Å²) < 4.78 is 4.51. The lowest BCUT2D eigenvalue weighted by molar-refractivity contribution is -0.140.